The molecule has 0 aliphatic carbocycles. The predicted octanol–water partition coefficient (Wildman–Crippen LogP) is 2.23. The molecule has 4 N–H and O–H groups in total. The minimum atomic E-state index is -1.14. The van der Waals surface area contributed by atoms with Gasteiger partial charge in [-0.3, -0.25) is 0 Å². The third-order valence-electron chi connectivity index (χ3n) is 2.35. The van der Waals surface area contributed by atoms with Crippen molar-refractivity contribution in [3.8, 4) is 5.75 Å². The minimum absolute atomic E-state index is 0. The highest BCUT2D eigenvalue weighted by molar-refractivity contribution is 5.91. The molecule has 0 saturated heterocycles. The molecule has 4 nitrogen and oxygen atoms in total. The number of benzene rings is 1. The number of carbonyl (C=O) groups is 1. The lowest BCUT2D eigenvalue weighted by atomic mass is 9.98. The maximum atomic E-state index is 10.8. The number of aromatic hydroxyl groups is 1. The van der Waals surface area contributed by atoms with Gasteiger partial charge in [-0.1, -0.05) is 13.0 Å². The van der Waals surface area contributed by atoms with Crippen LogP contribution in [0.15, 0.2) is 12.1 Å². The van der Waals surface area contributed by atoms with E-state index in [1.54, 1.807) is 13.0 Å². The van der Waals surface area contributed by atoms with Gasteiger partial charge in [0.05, 0.1) is 0 Å². The molecule has 16 heavy (non-hydrogen) atoms. The van der Waals surface area contributed by atoms with E-state index < -0.39 is 5.97 Å². The van der Waals surface area contributed by atoms with Gasteiger partial charge in [-0.15, -0.1) is 12.4 Å². The zero-order valence-electron chi connectivity index (χ0n) is 9.23. The van der Waals surface area contributed by atoms with E-state index >= 15 is 0 Å². The van der Waals surface area contributed by atoms with Crippen molar-refractivity contribution >= 4 is 18.4 Å². The molecule has 0 fully saturated rings. The van der Waals surface area contributed by atoms with E-state index in [1.165, 1.54) is 6.07 Å². The molecular weight excluding hydrogens is 230 g/mol. The topological polar surface area (TPSA) is 83.6 Å². The molecule has 5 heteroatoms. The van der Waals surface area contributed by atoms with Crippen LogP contribution in [0.1, 0.15) is 40.9 Å². The van der Waals surface area contributed by atoms with Crippen LogP contribution < -0.4 is 5.73 Å². The number of aryl methyl sites for hydroxylation is 1. The highest BCUT2D eigenvalue weighted by atomic mass is 35.5. The number of carboxylic acid groups (broad SMARTS) is 1. The summed E-state index contributed by atoms with van der Waals surface area (Å²) in [5, 5.41) is 18.6. The Labute approximate surface area is 100 Å². The van der Waals surface area contributed by atoms with Crippen LogP contribution in [0.2, 0.25) is 0 Å². The van der Waals surface area contributed by atoms with E-state index in [4.69, 9.17) is 10.8 Å². The Morgan fingerprint density at radius 2 is 2.06 bits per heavy atom. The first-order chi connectivity index (χ1) is 6.97. The Kier molecular flexibility index (Phi) is 5.27. The van der Waals surface area contributed by atoms with E-state index in [9.17, 15) is 9.90 Å². The van der Waals surface area contributed by atoms with Crippen LogP contribution in [-0.2, 0) is 0 Å². The number of hydrogen-bond donors (Lipinski definition) is 3. The van der Waals surface area contributed by atoms with E-state index in [-0.39, 0.29) is 29.8 Å². The summed E-state index contributed by atoms with van der Waals surface area (Å²) >= 11 is 0. The molecule has 0 heterocycles. The fraction of sp³-hybridized carbons (Fsp3) is 0.364. The van der Waals surface area contributed by atoms with Crippen molar-refractivity contribution in [1.29, 1.82) is 0 Å². The van der Waals surface area contributed by atoms with Crippen LogP contribution in [-0.4, -0.2) is 16.2 Å². The van der Waals surface area contributed by atoms with Crippen LogP contribution in [0.3, 0.4) is 0 Å². The van der Waals surface area contributed by atoms with Gasteiger partial charge in [-0.2, -0.15) is 0 Å². The van der Waals surface area contributed by atoms with Crippen LogP contribution in [0.5, 0.6) is 5.75 Å². The van der Waals surface area contributed by atoms with Gasteiger partial charge in [0.1, 0.15) is 11.3 Å². The van der Waals surface area contributed by atoms with Crippen molar-refractivity contribution in [2.24, 2.45) is 5.73 Å². The first-order valence-corrected chi connectivity index (χ1v) is 4.79. The zero-order valence-corrected chi connectivity index (χ0v) is 10.0. The number of phenols is 1. The number of halogens is 1. The van der Waals surface area contributed by atoms with Gasteiger partial charge < -0.3 is 15.9 Å². The molecule has 0 saturated carbocycles. The summed E-state index contributed by atoms with van der Waals surface area (Å²) < 4.78 is 0. The average molecular weight is 246 g/mol. The monoisotopic (exact) mass is 245 g/mol. The van der Waals surface area contributed by atoms with Gasteiger partial charge in [0.25, 0.3) is 0 Å². The zero-order chi connectivity index (χ0) is 11.6. The van der Waals surface area contributed by atoms with Crippen LogP contribution in [0, 0.1) is 6.92 Å². The van der Waals surface area contributed by atoms with E-state index in [1.807, 2.05) is 6.92 Å². The highest BCUT2D eigenvalue weighted by Gasteiger charge is 2.17. The Balaban J connectivity index is 0.00000225. The number of hydrogen-bond acceptors (Lipinski definition) is 3. The molecule has 0 aliphatic heterocycles. The number of nitrogens with two attached hydrogens (primary N) is 1. The summed E-state index contributed by atoms with van der Waals surface area (Å²) in [4.78, 5) is 10.8. The smallest absolute Gasteiger partial charge is 0.339 e. The van der Waals surface area contributed by atoms with Gasteiger partial charge >= 0.3 is 5.97 Å². The normalized spacial score (nSPS) is 11.7. The number of rotatable bonds is 3. The second kappa shape index (κ2) is 5.72. The third kappa shape index (κ3) is 2.87. The highest BCUT2D eigenvalue weighted by Crippen LogP contribution is 2.29. The summed E-state index contributed by atoms with van der Waals surface area (Å²) in [6.07, 6.45) is 0.649. The molecule has 1 atom stereocenters. The van der Waals surface area contributed by atoms with Crippen LogP contribution >= 0.6 is 12.4 Å². The van der Waals surface area contributed by atoms with Gasteiger partial charge in [0.2, 0.25) is 0 Å². The molecular formula is C11H16ClNO3. The van der Waals surface area contributed by atoms with E-state index in [2.05, 4.69) is 0 Å². The Morgan fingerprint density at radius 1 is 1.50 bits per heavy atom. The van der Waals surface area contributed by atoms with Crippen molar-refractivity contribution in [2.75, 3.05) is 0 Å². The second-order valence-electron chi connectivity index (χ2n) is 3.57. The van der Waals surface area contributed by atoms with Gasteiger partial charge in [-0.05, 0) is 25.0 Å². The third-order valence-corrected chi connectivity index (χ3v) is 2.35. The quantitative estimate of drug-likeness (QED) is 0.763. The average Bonchev–Trinajstić information content (AvgIpc) is 2.19. The largest absolute Gasteiger partial charge is 0.507 e. The van der Waals surface area contributed by atoms with Crippen molar-refractivity contribution < 1.29 is 15.0 Å². The van der Waals surface area contributed by atoms with E-state index in [0.717, 1.165) is 5.56 Å². The van der Waals surface area contributed by atoms with Crippen molar-refractivity contribution in [1.82, 2.24) is 0 Å². The standard InChI is InChI=1S/C11H15NO3.ClH/c1-3-9(12)7-4-6(2)5-8(10(7)13)11(14)15;/h4-5,9,13H,3,12H2,1-2H3,(H,14,15);1H/t9-;/m1./s1. The maximum Gasteiger partial charge on any atom is 0.339 e. The molecule has 0 amide bonds. The summed E-state index contributed by atoms with van der Waals surface area (Å²) in [6.45, 7) is 3.66. The van der Waals surface area contributed by atoms with Crippen molar-refractivity contribution in [3.05, 3.63) is 28.8 Å². The lowest BCUT2D eigenvalue weighted by molar-refractivity contribution is 0.0693. The molecule has 0 spiro atoms. The van der Waals surface area contributed by atoms with Gasteiger partial charge in [-0.25, -0.2) is 4.79 Å². The fourth-order valence-corrected chi connectivity index (χ4v) is 1.47. The summed E-state index contributed by atoms with van der Waals surface area (Å²) in [5.41, 5.74) is 6.97. The molecule has 0 unspecified atom stereocenters. The number of aromatic carboxylic acids is 1. The van der Waals surface area contributed by atoms with E-state index in [0.29, 0.717) is 12.0 Å². The molecule has 0 aromatic heterocycles. The van der Waals surface area contributed by atoms with Crippen LogP contribution in [0.25, 0.3) is 0 Å². The molecule has 1 rings (SSSR count). The summed E-state index contributed by atoms with van der Waals surface area (Å²) in [5.74, 6) is -1.36. The molecule has 1 aromatic rings. The Morgan fingerprint density at radius 3 is 2.50 bits per heavy atom. The molecule has 0 radical (unpaired) electrons. The second-order valence-corrected chi connectivity index (χ2v) is 3.57. The van der Waals surface area contributed by atoms with Crippen molar-refractivity contribution in [2.45, 2.75) is 26.3 Å². The van der Waals surface area contributed by atoms with Gasteiger partial charge in [0, 0.05) is 11.6 Å². The summed E-state index contributed by atoms with van der Waals surface area (Å²) in [7, 11) is 0. The Bertz CT molecular complexity index is 393. The SMILES string of the molecule is CC[C@@H](N)c1cc(C)cc(C(=O)O)c1O.Cl. The first kappa shape index (κ1) is 14.7. The predicted molar refractivity (Wildman–Crippen MR) is 64.3 cm³/mol. The molecule has 90 valence electrons. The summed E-state index contributed by atoms with van der Waals surface area (Å²) in [6, 6.07) is 2.82. The Hall–Kier alpha value is -1.26. The minimum Gasteiger partial charge on any atom is -0.507 e. The molecule has 0 aliphatic rings. The molecule has 1 aromatic carbocycles. The molecule has 0 bridgehead atoms. The first-order valence-electron chi connectivity index (χ1n) is 4.79. The van der Waals surface area contributed by atoms with Gasteiger partial charge in [0.15, 0.2) is 0 Å². The number of carboxylic acids is 1. The fourth-order valence-electron chi connectivity index (χ4n) is 1.47. The maximum absolute atomic E-state index is 10.8. The lowest BCUT2D eigenvalue weighted by Crippen LogP contribution is -2.11. The van der Waals surface area contributed by atoms with Crippen molar-refractivity contribution in [3.63, 3.8) is 0 Å². The van der Waals surface area contributed by atoms with Crippen LogP contribution in [0.4, 0.5) is 0 Å². The lowest BCUT2D eigenvalue weighted by Gasteiger charge is -2.14.